The van der Waals surface area contributed by atoms with Crippen molar-refractivity contribution in [1.29, 1.82) is 0 Å². The first-order chi connectivity index (χ1) is 17.0. The number of likely N-dealkylation sites (N-methyl/N-ethyl adjacent to an activating group) is 1. The molecule has 2 amide bonds. The van der Waals surface area contributed by atoms with Gasteiger partial charge in [0.05, 0.1) is 15.1 Å². The molecule has 35 heavy (non-hydrogen) atoms. The van der Waals surface area contributed by atoms with Gasteiger partial charge < -0.3 is 20.4 Å². The summed E-state index contributed by atoms with van der Waals surface area (Å²) in [5.41, 5.74) is 3.20. The summed E-state index contributed by atoms with van der Waals surface area (Å²) in [5.74, 6) is -0.0546. The number of nitrogens with zero attached hydrogens (tertiary/aromatic N) is 3. The second-order valence-corrected chi connectivity index (χ2v) is 9.95. The van der Waals surface area contributed by atoms with Gasteiger partial charge in [0.2, 0.25) is 0 Å². The molecule has 3 heterocycles. The summed E-state index contributed by atoms with van der Waals surface area (Å²) in [6, 6.07) is 16.7. The van der Waals surface area contributed by atoms with E-state index in [-0.39, 0.29) is 11.8 Å². The molecule has 2 aromatic heterocycles. The van der Waals surface area contributed by atoms with Gasteiger partial charge in [0.1, 0.15) is 0 Å². The molecule has 1 fully saturated rings. The predicted molar refractivity (Wildman–Crippen MR) is 141 cm³/mol. The van der Waals surface area contributed by atoms with Crippen LogP contribution in [-0.4, -0.2) is 60.1 Å². The maximum absolute atomic E-state index is 12.8. The molecule has 0 bridgehead atoms. The molecule has 0 spiro atoms. The van der Waals surface area contributed by atoms with Crippen LogP contribution in [0.4, 0.5) is 11.5 Å². The van der Waals surface area contributed by atoms with Gasteiger partial charge in [-0.1, -0.05) is 29.8 Å². The Morgan fingerprint density at radius 1 is 1.06 bits per heavy atom. The molecule has 2 aromatic carbocycles. The molecule has 0 radical (unpaired) electrons. The highest BCUT2D eigenvalue weighted by molar-refractivity contribution is 7.21. The molecule has 180 valence electrons. The van der Waals surface area contributed by atoms with Gasteiger partial charge in [0.15, 0.2) is 5.82 Å². The second-order valence-electron chi connectivity index (χ2n) is 8.49. The number of amides is 2. The molecular weight excluding hydrogens is 484 g/mol. The van der Waals surface area contributed by atoms with Crippen molar-refractivity contribution in [2.24, 2.45) is 0 Å². The summed E-state index contributed by atoms with van der Waals surface area (Å²) in [6.45, 7) is 4.33. The highest BCUT2D eigenvalue weighted by atomic mass is 35.5. The molecule has 0 saturated carbocycles. The minimum atomic E-state index is -0.249. The van der Waals surface area contributed by atoms with E-state index in [1.807, 2.05) is 42.5 Å². The number of aromatic amines is 1. The Kier molecular flexibility index (Phi) is 6.72. The first kappa shape index (κ1) is 23.3. The van der Waals surface area contributed by atoms with Crippen molar-refractivity contribution in [2.75, 3.05) is 43.4 Å². The third-order valence-electron chi connectivity index (χ3n) is 6.09. The Hall–Kier alpha value is -3.40. The number of benzene rings is 2. The molecule has 0 aliphatic carbocycles. The number of hydrogen-bond donors (Lipinski definition) is 3. The monoisotopic (exact) mass is 508 g/mol. The van der Waals surface area contributed by atoms with E-state index in [0.717, 1.165) is 42.1 Å². The van der Waals surface area contributed by atoms with Crippen LogP contribution in [0.5, 0.6) is 0 Å². The van der Waals surface area contributed by atoms with Gasteiger partial charge in [0.25, 0.3) is 11.8 Å². The number of carbonyl (C=O) groups excluding carboxylic acids is 2. The van der Waals surface area contributed by atoms with E-state index in [9.17, 15) is 9.59 Å². The molecule has 5 rings (SSSR count). The summed E-state index contributed by atoms with van der Waals surface area (Å²) in [4.78, 5) is 30.7. The number of fused-ring (bicyclic) bond motifs is 1. The quantitative estimate of drug-likeness (QED) is 0.363. The van der Waals surface area contributed by atoms with Crippen LogP contribution in [0.25, 0.3) is 10.2 Å². The Balaban J connectivity index is 1.24. The van der Waals surface area contributed by atoms with Gasteiger partial charge in [-0.25, -0.2) is 0 Å². The lowest BCUT2D eigenvalue weighted by Gasteiger charge is -2.34. The number of hydrogen-bond acceptors (Lipinski definition) is 6. The van der Waals surface area contributed by atoms with Crippen LogP contribution in [0.3, 0.4) is 0 Å². The van der Waals surface area contributed by atoms with Crippen LogP contribution in [0.2, 0.25) is 5.02 Å². The van der Waals surface area contributed by atoms with Crippen LogP contribution in [0, 0.1) is 0 Å². The largest absolute Gasteiger partial charge is 0.369 e. The highest BCUT2D eigenvalue weighted by Crippen LogP contribution is 2.30. The Labute approximate surface area is 211 Å². The van der Waals surface area contributed by atoms with Crippen LogP contribution >= 0.6 is 22.9 Å². The van der Waals surface area contributed by atoms with E-state index in [1.54, 1.807) is 12.1 Å². The summed E-state index contributed by atoms with van der Waals surface area (Å²) < 4.78 is 0.718. The lowest BCUT2D eigenvalue weighted by Crippen LogP contribution is -2.44. The van der Waals surface area contributed by atoms with E-state index in [0.29, 0.717) is 33.3 Å². The molecule has 10 heteroatoms. The third-order valence-corrected chi connectivity index (χ3v) is 7.60. The fraction of sp³-hybridized carbons (Fsp3) is 0.240. The van der Waals surface area contributed by atoms with E-state index >= 15 is 0 Å². The standard InChI is InChI=1S/C25H25ClN6O2S/c1-31-10-12-32(13-11-31)18-8-6-16(7-9-18)24(33)28-23-22-20(29-30-23)14-21(35-22)25(34)27-15-17-4-2-3-5-19(17)26/h2-9,14H,10-13,15H2,1H3,(H,27,34)(H2,28,29,30,33). The summed E-state index contributed by atoms with van der Waals surface area (Å²) >= 11 is 7.44. The zero-order valence-corrected chi connectivity index (χ0v) is 20.7. The lowest BCUT2D eigenvalue weighted by atomic mass is 10.1. The molecule has 0 atom stereocenters. The average molecular weight is 509 g/mol. The summed E-state index contributed by atoms with van der Waals surface area (Å²) in [7, 11) is 2.13. The van der Waals surface area contributed by atoms with Crippen LogP contribution < -0.4 is 15.5 Å². The normalized spacial score (nSPS) is 14.3. The van der Waals surface area contributed by atoms with Gasteiger partial charge in [-0.05, 0) is 49.0 Å². The minimum Gasteiger partial charge on any atom is -0.369 e. The van der Waals surface area contributed by atoms with Crippen molar-refractivity contribution in [1.82, 2.24) is 20.4 Å². The molecule has 3 N–H and O–H groups in total. The van der Waals surface area contributed by atoms with Crippen molar-refractivity contribution in [3.05, 3.63) is 75.6 Å². The summed E-state index contributed by atoms with van der Waals surface area (Å²) in [5, 5.41) is 13.5. The highest BCUT2D eigenvalue weighted by Gasteiger charge is 2.18. The third kappa shape index (κ3) is 5.17. The van der Waals surface area contributed by atoms with E-state index < -0.39 is 0 Å². The van der Waals surface area contributed by atoms with Gasteiger partial charge in [-0.15, -0.1) is 11.3 Å². The Morgan fingerprint density at radius 2 is 1.80 bits per heavy atom. The molecule has 1 aliphatic heterocycles. The molecule has 1 saturated heterocycles. The van der Waals surface area contributed by atoms with Crippen molar-refractivity contribution < 1.29 is 9.59 Å². The molecule has 1 aliphatic rings. The number of thiophene rings is 1. The number of carbonyl (C=O) groups is 2. The smallest absolute Gasteiger partial charge is 0.261 e. The fourth-order valence-electron chi connectivity index (χ4n) is 3.99. The van der Waals surface area contributed by atoms with Gasteiger partial charge in [-0.3, -0.25) is 14.7 Å². The van der Waals surface area contributed by atoms with Gasteiger partial charge in [0, 0.05) is 49.0 Å². The number of piperazine rings is 1. The Bertz CT molecular complexity index is 1360. The second kappa shape index (κ2) is 10.1. The molecular formula is C25H25ClN6O2S. The molecule has 0 unspecified atom stereocenters. The van der Waals surface area contributed by atoms with Crippen molar-refractivity contribution in [3.63, 3.8) is 0 Å². The maximum Gasteiger partial charge on any atom is 0.261 e. The van der Waals surface area contributed by atoms with Crippen molar-refractivity contribution in [3.8, 4) is 0 Å². The number of halogens is 1. The molecule has 4 aromatic rings. The van der Waals surface area contributed by atoms with E-state index in [4.69, 9.17) is 11.6 Å². The fourth-order valence-corrected chi connectivity index (χ4v) is 5.16. The minimum absolute atomic E-state index is 0.212. The first-order valence-corrected chi connectivity index (χ1v) is 12.5. The van der Waals surface area contributed by atoms with E-state index in [2.05, 4.69) is 37.7 Å². The number of rotatable bonds is 6. The zero-order chi connectivity index (χ0) is 24.4. The maximum atomic E-state index is 12.8. The number of H-pyrrole nitrogens is 1. The first-order valence-electron chi connectivity index (χ1n) is 11.3. The number of nitrogens with one attached hydrogen (secondary N) is 3. The zero-order valence-electron chi connectivity index (χ0n) is 19.2. The van der Waals surface area contributed by atoms with Gasteiger partial charge in [-0.2, -0.15) is 5.10 Å². The van der Waals surface area contributed by atoms with E-state index in [1.165, 1.54) is 11.3 Å². The number of anilines is 2. The van der Waals surface area contributed by atoms with Crippen LogP contribution in [0.15, 0.2) is 54.6 Å². The average Bonchev–Trinajstić information content (AvgIpc) is 3.46. The lowest BCUT2D eigenvalue weighted by molar-refractivity contribution is 0.0954. The van der Waals surface area contributed by atoms with Crippen LogP contribution in [-0.2, 0) is 6.54 Å². The van der Waals surface area contributed by atoms with Crippen molar-refractivity contribution in [2.45, 2.75) is 6.54 Å². The Morgan fingerprint density at radius 3 is 2.54 bits per heavy atom. The SMILES string of the molecule is CN1CCN(c2ccc(C(=O)Nc3n[nH]c4cc(C(=O)NCc5ccccc5Cl)sc34)cc2)CC1. The topological polar surface area (TPSA) is 93.4 Å². The summed E-state index contributed by atoms with van der Waals surface area (Å²) in [6.07, 6.45) is 0. The van der Waals surface area contributed by atoms with Crippen LogP contribution in [0.1, 0.15) is 25.6 Å². The van der Waals surface area contributed by atoms with Gasteiger partial charge >= 0.3 is 0 Å². The van der Waals surface area contributed by atoms with Crippen molar-refractivity contribution >= 4 is 56.5 Å². The molecule has 8 nitrogen and oxygen atoms in total. The predicted octanol–water partition coefficient (Wildman–Crippen LogP) is 4.21. The number of aromatic nitrogens is 2.